The minimum absolute atomic E-state index is 0.0830. The number of rotatable bonds is 7. The molecule has 3 fully saturated rings. The van der Waals surface area contributed by atoms with Crippen molar-refractivity contribution in [3.8, 4) is 0 Å². The number of benzene rings is 2. The number of anilines is 1. The third-order valence-corrected chi connectivity index (χ3v) is 9.24. The average molecular weight is 562 g/mol. The standard InChI is InChI=1S/C32H36ClN3O4/c1-19(2)21-10-14-24(15-11-21)34-29(37)26-25-16-17-32(40-25)27(26)31(39)36(18-20-8-12-22(33)13-9-20)28(32)30(38)35-23-6-4-3-5-7-23/h8-17,19,23,25-28H,3-7,18H2,1-2H3,(H,34,37)(H,35,38). The summed E-state index contributed by atoms with van der Waals surface area (Å²) >= 11 is 6.10. The van der Waals surface area contributed by atoms with Gasteiger partial charge in [0.15, 0.2) is 0 Å². The number of nitrogens with one attached hydrogen (secondary N) is 2. The first-order valence-electron chi connectivity index (χ1n) is 14.4. The molecule has 3 amide bonds. The predicted molar refractivity (Wildman–Crippen MR) is 154 cm³/mol. The van der Waals surface area contributed by atoms with Gasteiger partial charge in [0.25, 0.3) is 0 Å². The van der Waals surface area contributed by atoms with Gasteiger partial charge >= 0.3 is 0 Å². The van der Waals surface area contributed by atoms with Crippen LogP contribution in [0.4, 0.5) is 5.69 Å². The van der Waals surface area contributed by atoms with Crippen molar-refractivity contribution in [1.29, 1.82) is 0 Å². The Labute approximate surface area is 240 Å². The topological polar surface area (TPSA) is 87.7 Å². The van der Waals surface area contributed by atoms with Crippen molar-refractivity contribution < 1.29 is 19.1 Å². The van der Waals surface area contributed by atoms with Crippen LogP contribution in [0.5, 0.6) is 0 Å². The van der Waals surface area contributed by atoms with E-state index in [1.165, 1.54) is 12.0 Å². The molecule has 6 rings (SSSR count). The first-order valence-corrected chi connectivity index (χ1v) is 14.8. The molecule has 40 heavy (non-hydrogen) atoms. The molecule has 5 atom stereocenters. The maximum Gasteiger partial charge on any atom is 0.246 e. The minimum atomic E-state index is -1.18. The Balaban J connectivity index is 1.30. The fourth-order valence-electron chi connectivity index (χ4n) is 6.93. The quantitative estimate of drug-likeness (QED) is 0.455. The van der Waals surface area contributed by atoms with E-state index in [0.29, 0.717) is 16.6 Å². The Morgan fingerprint density at radius 2 is 1.73 bits per heavy atom. The molecule has 1 aliphatic carbocycles. The lowest BCUT2D eigenvalue weighted by molar-refractivity contribution is -0.142. The normalized spacial score (nSPS) is 29.2. The minimum Gasteiger partial charge on any atom is -0.359 e. The summed E-state index contributed by atoms with van der Waals surface area (Å²) in [5, 5.41) is 6.83. The third kappa shape index (κ3) is 4.73. The highest BCUT2D eigenvalue weighted by atomic mass is 35.5. The fourth-order valence-corrected chi connectivity index (χ4v) is 7.05. The number of hydrogen-bond acceptors (Lipinski definition) is 4. The molecule has 1 spiro atoms. The van der Waals surface area contributed by atoms with E-state index >= 15 is 0 Å². The smallest absolute Gasteiger partial charge is 0.246 e. The Bertz CT molecular complexity index is 1320. The lowest BCUT2D eigenvalue weighted by Crippen LogP contribution is -2.56. The van der Waals surface area contributed by atoms with Crippen LogP contribution < -0.4 is 10.6 Å². The highest BCUT2D eigenvalue weighted by Gasteiger charge is 2.72. The molecule has 1 saturated carbocycles. The van der Waals surface area contributed by atoms with E-state index in [0.717, 1.165) is 31.2 Å². The number of carbonyl (C=O) groups is 3. The van der Waals surface area contributed by atoms with Gasteiger partial charge in [-0.25, -0.2) is 0 Å². The Morgan fingerprint density at radius 1 is 1.02 bits per heavy atom. The van der Waals surface area contributed by atoms with Gasteiger partial charge in [-0.2, -0.15) is 0 Å². The summed E-state index contributed by atoms with van der Waals surface area (Å²) in [5.74, 6) is -1.86. The van der Waals surface area contributed by atoms with E-state index in [1.54, 1.807) is 17.0 Å². The van der Waals surface area contributed by atoms with Gasteiger partial charge in [0.1, 0.15) is 11.6 Å². The second-order valence-electron chi connectivity index (χ2n) is 11.9. The molecule has 3 aliphatic heterocycles. The molecule has 2 N–H and O–H groups in total. The Morgan fingerprint density at radius 3 is 2.40 bits per heavy atom. The zero-order valence-electron chi connectivity index (χ0n) is 22.9. The van der Waals surface area contributed by atoms with Crippen molar-refractivity contribution in [2.24, 2.45) is 11.8 Å². The van der Waals surface area contributed by atoms with Gasteiger partial charge in [0, 0.05) is 23.3 Å². The SMILES string of the molecule is CC(C)c1ccc(NC(=O)C2C3C=CC4(O3)C2C(=O)N(Cc2ccc(Cl)cc2)C4C(=O)NC2CCCCC2)cc1. The van der Waals surface area contributed by atoms with Crippen LogP contribution in [0.3, 0.4) is 0 Å². The number of likely N-dealkylation sites (tertiary alicyclic amines) is 1. The van der Waals surface area contributed by atoms with Crippen molar-refractivity contribution in [2.45, 2.75) is 82.2 Å². The molecule has 2 bridgehead atoms. The van der Waals surface area contributed by atoms with E-state index in [9.17, 15) is 14.4 Å². The fraction of sp³-hybridized carbons (Fsp3) is 0.469. The van der Waals surface area contributed by atoms with Crippen LogP contribution in [-0.4, -0.2) is 46.4 Å². The molecule has 3 heterocycles. The van der Waals surface area contributed by atoms with Gasteiger partial charge in [-0.05, 0) is 54.2 Å². The van der Waals surface area contributed by atoms with Crippen molar-refractivity contribution in [2.75, 3.05) is 5.32 Å². The van der Waals surface area contributed by atoms with Gasteiger partial charge in [0.2, 0.25) is 17.7 Å². The highest BCUT2D eigenvalue weighted by Crippen LogP contribution is 2.55. The second kappa shape index (κ2) is 10.7. The Kier molecular flexibility index (Phi) is 7.21. The first kappa shape index (κ1) is 27.0. The van der Waals surface area contributed by atoms with Gasteiger partial charge in [-0.3, -0.25) is 14.4 Å². The summed E-state index contributed by atoms with van der Waals surface area (Å²) in [6.07, 6.45) is 8.34. The van der Waals surface area contributed by atoms with Crippen LogP contribution in [0.1, 0.15) is 63.0 Å². The lowest BCUT2D eigenvalue weighted by Gasteiger charge is -2.34. The van der Waals surface area contributed by atoms with Crippen LogP contribution in [0, 0.1) is 11.8 Å². The van der Waals surface area contributed by atoms with Crippen LogP contribution in [0.25, 0.3) is 0 Å². The van der Waals surface area contributed by atoms with E-state index in [-0.39, 0.29) is 30.3 Å². The molecule has 5 unspecified atom stereocenters. The zero-order chi connectivity index (χ0) is 28.0. The molecule has 8 heteroatoms. The number of ether oxygens (including phenoxy) is 1. The van der Waals surface area contributed by atoms with Crippen LogP contribution in [0.15, 0.2) is 60.7 Å². The maximum atomic E-state index is 14.2. The number of amides is 3. The van der Waals surface area contributed by atoms with Gasteiger partial charge in [-0.1, -0.05) is 81.1 Å². The summed E-state index contributed by atoms with van der Waals surface area (Å²) in [5.41, 5.74) is 1.52. The van der Waals surface area contributed by atoms with E-state index in [1.807, 2.05) is 48.6 Å². The maximum absolute atomic E-state index is 14.2. The summed E-state index contributed by atoms with van der Waals surface area (Å²) in [4.78, 5) is 43.4. The zero-order valence-corrected chi connectivity index (χ0v) is 23.7. The van der Waals surface area contributed by atoms with Crippen LogP contribution in [0.2, 0.25) is 5.02 Å². The van der Waals surface area contributed by atoms with Gasteiger partial charge in [-0.15, -0.1) is 0 Å². The van der Waals surface area contributed by atoms with Crippen LogP contribution in [-0.2, 0) is 25.7 Å². The van der Waals surface area contributed by atoms with Crippen molar-refractivity contribution in [3.05, 3.63) is 76.8 Å². The van der Waals surface area contributed by atoms with Crippen molar-refractivity contribution >= 4 is 35.0 Å². The second-order valence-corrected chi connectivity index (χ2v) is 12.3. The van der Waals surface area contributed by atoms with Crippen molar-refractivity contribution in [1.82, 2.24) is 10.2 Å². The molecule has 210 valence electrons. The van der Waals surface area contributed by atoms with Crippen molar-refractivity contribution in [3.63, 3.8) is 0 Å². The number of carbonyl (C=O) groups excluding carboxylic acids is 3. The molecular weight excluding hydrogens is 526 g/mol. The first-order chi connectivity index (χ1) is 19.3. The van der Waals surface area contributed by atoms with Gasteiger partial charge < -0.3 is 20.3 Å². The summed E-state index contributed by atoms with van der Waals surface area (Å²) < 4.78 is 6.47. The monoisotopic (exact) mass is 561 g/mol. The molecule has 2 saturated heterocycles. The number of hydrogen-bond donors (Lipinski definition) is 2. The molecule has 0 aromatic heterocycles. The molecule has 7 nitrogen and oxygen atoms in total. The number of nitrogens with zero attached hydrogens (tertiary/aromatic N) is 1. The average Bonchev–Trinajstić information content (AvgIpc) is 3.58. The Hall–Kier alpha value is -3.16. The van der Waals surface area contributed by atoms with E-state index in [2.05, 4.69) is 24.5 Å². The van der Waals surface area contributed by atoms with E-state index < -0.39 is 29.6 Å². The highest BCUT2D eigenvalue weighted by molar-refractivity contribution is 6.30. The molecule has 2 aromatic rings. The van der Waals surface area contributed by atoms with Gasteiger partial charge in [0.05, 0.1) is 17.9 Å². The molecular formula is C32H36ClN3O4. The molecule has 4 aliphatic rings. The molecule has 2 aromatic carbocycles. The molecule has 0 radical (unpaired) electrons. The predicted octanol–water partition coefficient (Wildman–Crippen LogP) is 5.20. The largest absolute Gasteiger partial charge is 0.359 e. The summed E-state index contributed by atoms with van der Waals surface area (Å²) in [6.45, 7) is 4.46. The van der Waals surface area contributed by atoms with Crippen LogP contribution >= 0.6 is 11.6 Å². The third-order valence-electron chi connectivity index (χ3n) is 8.99. The summed E-state index contributed by atoms with van der Waals surface area (Å²) in [7, 11) is 0. The van der Waals surface area contributed by atoms with E-state index in [4.69, 9.17) is 16.3 Å². The number of fused-ring (bicyclic) bond motifs is 1. The number of halogens is 1. The summed E-state index contributed by atoms with van der Waals surface area (Å²) in [6, 6.07) is 14.2. The lowest BCUT2D eigenvalue weighted by atomic mass is 9.74.